The molecule has 1 aromatic carbocycles. The van der Waals surface area contributed by atoms with Crippen molar-refractivity contribution in [3.05, 3.63) is 29.3 Å². The van der Waals surface area contributed by atoms with Crippen LogP contribution in [-0.2, 0) is 14.4 Å². The van der Waals surface area contributed by atoms with Crippen LogP contribution in [0.2, 0.25) is 0 Å². The second-order valence-corrected chi connectivity index (χ2v) is 9.33. The number of nitrogens with one attached hydrogen (secondary N) is 2. The van der Waals surface area contributed by atoms with E-state index in [1.807, 2.05) is 25.1 Å². The van der Waals surface area contributed by atoms with Gasteiger partial charge in [-0.3, -0.25) is 29.4 Å². The van der Waals surface area contributed by atoms with E-state index >= 15 is 0 Å². The van der Waals surface area contributed by atoms with Gasteiger partial charge in [0.05, 0.1) is 5.56 Å². The number of likely N-dealkylation sites (tertiary alicyclic amines) is 1. The summed E-state index contributed by atoms with van der Waals surface area (Å²) in [5.41, 5.74) is 2.24. The van der Waals surface area contributed by atoms with Crippen LogP contribution in [0.1, 0.15) is 54.4 Å². The lowest BCUT2D eigenvalue weighted by atomic mass is 9.60. The zero-order valence-corrected chi connectivity index (χ0v) is 18.1. The Bertz CT molecular complexity index is 899. The number of imide groups is 2. The number of piperidine rings is 2. The lowest BCUT2D eigenvalue weighted by Crippen LogP contribution is -2.54. The van der Waals surface area contributed by atoms with E-state index in [0.29, 0.717) is 23.1 Å². The molecule has 3 aliphatic rings. The van der Waals surface area contributed by atoms with E-state index in [4.69, 9.17) is 0 Å². The normalized spacial score (nSPS) is 23.7. The van der Waals surface area contributed by atoms with Gasteiger partial charge in [0, 0.05) is 18.2 Å². The fourth-order valence-electron chi connectivity index (χ4n) is 5.22. The van der Waals surface area contributed by atoms with Gasteiger partial charge in [-0.25, -0.2) is 0 Å². The first-order valence-corrected chi connectivity index (χ1v) is 11.0. The summed E-state index contributed by atoms with van der Waals surface area (Å²) >= 11 is 0. The number of rotatable bonds is 5. The summed E-state index contributed by atoms with van der Waals surface area (Å²) in [5, 5.41) is 5.74. The Balaban J connectivity index is 1.50. The molecule has 1 aliphatic carbocycles. The molecule has 2 aliphatic heterocycles. The topological polar surface area (TPSA) is 98.8 Å². The van der Waals surface area contributed by atoms with Crippen LogP contribution < -0.4 is 10.6 Å². The standard InChI is InChI=1S/C23H30N4O4/c1-15-4-3-5-17(24-16-12-23(13-16)8-10-26(2)11-9-23)20(15)22(31)27(14-28)18-6-7-19(29)25-21(18)30/h3-5,14,16,18,24H,6-13H2,1-2H3,(H,25,29,30). The summed E-state index contributed by atoms with van der Waals surface area (Å²) in [5.74, 6) is -1.51. The highest BCUT2D eigenvalue weighted by atomic mass is 16.2. The van der Waals surface area contributed by atoms with Crippen LogP contribution in [0.3, 0.4) is 0 Å². The molecule has 166 valence electrons. The van der Waals surface area contributed by atoms with Crippen LogP contribution >= 0.6 is 0 Å². The van der Waals surface area contributed by atoms with E-state index in [9.17, 15) is 19.2 Å². The van der Waals surface area contributed by atoms with Crippen LogP contribution in [0.15, 0.2) is 18.2 Å². The molecule has 8 nitrogen and oxygen atoms in total. The quantitative estimate of drug-likeness (QED) is 0.549. The molecule has 1 atom stereocenters. The van der Waals surface area contributed by atoms with Gasteiger partial charge in [0.2, 0.25) is 18.2 Å². The molecule has 3 fully saturated rings. The summed E-state index contributed by atoms with van der Waals surface area (Å²) in [6.45, 7) is 4.08. The van der Waals surface area contributed by atoms with Gasteiger partial charge < -0.3 is 10.2 Å². The summed E-state index contributed by atoms with van der Waals surface area (Å²) in [6.07, 6.45) is 5.20. The molecular formula is C23H30N4O4. The lowest BCUT2D eigenvalue weighted by Gasteiger charge is -2.52. The Morgan fingerprint density at radius 1 is 1.26 bits per heavy atom. The van der Waals surface area contributed by atoms with Gasteiger partial charge in [-0.05, 0) is 76.2 Å². The average molecular weight is 427 g/mol. The predicted octanol–water partition coefficient (Wildman–Crippen LogP) is 1.69. The third kappa shape index (κ3) is 4.21. The highest BCUT2D eigenvalue weighted by molar-refractivity contribution is 6.09. The van der Waals surface area contributed by atoms with Crippen LogP contribution in [0.25, 0.3) is 0 Å². The number of aryl methyl sites for hydroxylation is 1. The minimum Gasteiger partial charge on any atom is -0.382 e. The molecule has 8 heteroatoms. The molecule has 0 radical (unpaired) electrons. The Labute approximate surface area is 182 Å². The van der Waals surface area contributed by atoms with Gasteiger partial charge in [0.15, 0.2) is 0 Å². The molecule has 2 N–H and O–H groups in total. The number of benzene rings is 1. The first-order chi connectivity index (χ1) is 14.8. The maximum absolute atomic E-state index is 13.3. The molecule has 1 aromatic rings. The first-order valence-electron chi connectivity index (χ1n) is 11.0. The molecule has 2 saturated heterocycles. The largest absolute Gasteiger partial charge is 0.382 e. The Morgan fingerprint density at radius 2 is 1.97 bits per heavy atom. The average Bonchev–Trinajstić information content (AvgIpc) is 2.70. The van der Waals surface area contributed by atoms with Crippen LogP contribution in [0.4, 0.5) is 5.69 Å². The van der Waals surface area contributed by atoms with Crippen molar-refractivity contribution in [3.63, 3.8) is 0 Å². The van der Waals surface area contributed by atoms with Crippen molar-refractivity contribution in [1.29, 1.82) is 0 Å². The van der Waals surface area contributed by atoms with Gasteiger partial charge in [-0.1, -0.05) is 12.1 Å². The molecule has 1 unspecified atom stereocenters. The van der Waals surface area contributed by atoms with Crippen LogP contribution in [-0.4, -0.2) is 66.2 Å². The SMILES string of the molecule is Cc1cccc(NC2CC3(CCN(C)CC3)C2)c1C(=O)N(C=O)C1CCC(=O)NC1=O. The number of hydrogen-bond acceptors (Lipinski definition) is 6. The summed E-state index contributed by atoms with van der Waals surface area (Å²) in [4.78, 5) is 52.1. The Morgan fingerprint density at radius 3 is 2.61 bits per heavy atom. The van der Waals surface area contributed by atoms with E-state index in [1.54, 1.807) is 0 Å². The van der Waals surface area contributed by atoms with E-state index in [0.717, 1.165) is 36.4 Å². The second kappa shape index (κ2) is 8.42. The van der Waals surface area contributed by atoms with Gasteiger partial charge >= 0.3 is 0 Å². The molecular weight excluding hydrogens is 396 g/mol. The molecule has 0 aromatic heterocycles. The maximum Gasteiger partial charge on any atom is 0.263 e. The number of carbonyl (C=O) groups excluding carboxylic acids is 4. The van der Waals surface area contributed by atoms with E-state index in [2.05, 4.69) is 22.6 Å². The number of nitrogens with zero attached hydrogens (tertiary/aromatic N) is 2. The van der Waals surface area contributed by atoms with Crippen molar-refractivity contribution in [1.82, 2.24) is 15.1 Å². The lowest BCUT2D eigenvalue weighted by molar-refractivity contribution is -0.139. The van der Waals surface area contributed by atoms with Crippen molar-refractivity contribution in [2.75, 3.05) is 25.5 Å². The van der Waals surface area contributed by atoms with E-state index < -0.39 is 17.9 Å². The molecule has 0 bridgehead atoms. The second-order valence-electron chi connectivity index (χ2n) is 9.33. The minimum atomic E-state index is -0.971. The van der Waals surface area contributed by atoms with Crippen molar-refractivity contribution in [2.24, 2.45) is 5.41 Å². The van der Waals surface area contributed by atoms with Gasteiger partial charge in [0.25, 0.3) is 5.91 Å². The molecule has 2 heterocycles. The smallest absolute Gasteiger partial charge is 0.263 e. The third-order valence-electron chi connectivity index (χ3n) is 7.15. The van der Waals surface area contributed by atoms with Crippen molar-refractivity contribution < 1.29 is 19.2 Å². The highest BCUT2D eigenvalue weighted by Crippen LogP contribution is 2.50. The highest BCUT2D eigenvalue weighted by Gasteiger charge is 2.45. The number of hydrogen-bond donors (Lipinski definition) is 2. The third-order valence-corrected chi connectivity index (χ3v) is 7.15. The zero-order chi connectivity index (χ0) is 22.2. The van der Waals surface area contributed by atoms with Crippen molar-refractivity contribution in [3.8, 4) is 0 Å². The number of carbonyl (C=O) groups is 4. The van der Waals surface area contributed by atoms with Crippen LogP contribution in [0.5, 0.6) is 0 Å². The zero-order valence-electron chi connectivity index (χ0n) is 18.1. The summed E-state index contributed by atoms with van der Waals surface area (Å²) in [7, 11) is 2.16. The monoisotopic (exact) mass is 426 g/mol. The molecule has 31 heavy (non-hydrogen) atoms. The Kier molecular flexibility index (Phi) is 5.83. The Hall–Kier alpha value is -2.74. The molecule has 4 rings (SSSR count). The molecule has 1 spiro atoms. The van der Waals surface area contributed by atoms with Gasteiger partial charge in [0.1, 0.15) is 6.04 Å². The maximum atomic E-state index is 13.3. The number of amides is 4. The fourth-order valence-corrected chi connectivity index (χ4v) is 5.22. The summed E-state index contributed by atoms with van der Waals surface area (Å²) < 4.78 is 0. The van der Waals surface area contributed by atoms with Crippen molar-refractivity contribution >= 4 is 29.8 Å². The van der Waals surface area contributed by atoms with Gasteiger partial charge in [-0.2, -0.15) is 0 Å². The first kappa shape index (κ1) is 21.5. The van der Waals surface area contributed by atoms with E-state index in [1.165, 1.54) is 12.8 Å². The van der Waals surface area contributed by atoms with E-state index in [-0.39, 0.29) is 24.8 Å². The summed E-state index contributed by atoms with van der Waals surface area (Å²) in [6, 6.07) is 4.88. The fraction of sp³-hybridized carbons (Fsp3) is 0.565. The number of anilines is 1. The van der Waals surface area contributed by atoms with Gasteiger partial charge in [-0.15, -0.1) is 0 Å². The minimum absolute atomic E-state index is 0.103. The predicted molar refractivity (Wildman–Crippen MR) is 115 cm³/mol. The van der Waals surface area contributed by atoms with Crippen molar-refractivity contribution in [2.45, 2.75) is 57.5 Å². The molecule has 4 amide bonds. The van der Waals surface area contributed by atoms with Crippen LogP contribution in [0, 0.1) is 12.3 Å². The molecule has 1 saturated carbocycles.